The number of benzene rings is 1. The fourth-order valence-corrected chi connectivity index (χ4v) is 5.60. The van der Waals surface area contributed by atoms with Crippen LogP contribution in [-0.4, -0.2) is 24.4 Å². The molecular formula is C24H32N2O2S. The number of nitrogens with zero attached hydrogens (tertiary/aromatic N) is 2. The molecule has 0 saturated heterocycles. The van der Waals surface area contributed by atoms with Gasteiger partial charge in [-0.2, -0.15) is 0 Å². The van der Waals surface area contributed by atoms with Crippen molar-refractivity contribution in [2.45, 2.75) is 71.1 Å². The average molecular weight is 413 g/mol. The number of ether oxygens (including phenoxy) is 1. The van der Waals surface area contributed by atoms with E-state index in [1.54, 1.807) is 14.0 Å². The van der Waals surface area contributed by atoms with Gasteiger partial charge in [0.1, 0.15) is 5.75 Å². The number of anilines is 2. The Bertz CT molecular complexity index is 907. The van der Waals surface area contributed by atoms with Gasteiger partial charge in [-0.25, -0.2) is 4.98 Å². The molecule has 1 fully saturated rings. The summed E-state index contributed by atoms with van der Waals surface area (Å²) in [6.45, 7) is 11.9. The van der Waals surface area contributed by atoms with Crippen LogP contribution in [-0.2, 0) is 10.8 Å². The number of carbonyl (C=O) groups is 1. The minimum atomic E-state index is 0.0235. The Hall–Kier alpha value is -1.88. The van der Waals surface area contributed by atoms with Gasteiger partial charge in [-0.1, -0.05) is 27.7 Å². The monoisotopic (exact) mass is 412 g/mol. The van der Waals surface area contributed by atoms with Crippen LogP contribution in [0.2, 0.25) is 0 Å². The third kappa shape index (κ3) is 3.81. The number of methoxy groups -OCH3 is 1. The number of fused-ring (bicyclic) bond motifs is 1. The fraction of sp³-hybridized carbons (Fsp3) is 0.583. The van der Waals surface area contributed by atoms with Gasteiger partial charge in [0.2, 0.25) is 0 Å². The number of hydrogen-bond donors (Lipinski definition) is 0. The number of aromatic nitrogens is 1. The number of hydrogen-bond acceptors (Lipinski definition) is 5. The van der Waals surface area contributed by atoms with E-state index in [2.05, 4.69) is 32.6 Å². The van der Waals surface area contributed by atoms with Crippen LogP contribution in [0.15, 0.2) is 18.2 Å². The molecule has 29 heavy (non-hydrogen) atoms. The van der Waals surface area contributed by atoms with E-state index in [9.17, 15) is 4.79 Å². The standard InChI is InChI=1S/C24H32N2O2S/c1-15(27)18-10-9-17(13-19(18)28-6)26(14-16-7-8-16)22-25-20-21(29-22)24(4,5)12-11-23(20,2)3/h9-10,13,16H,7-8,11-12,14H2,1-6H3. The zero-order valence-electron chi connectivity index (χ0n) is 18.5. The molecule has 1 aromatic carbocycles. The van der Waals surface area contributed by atoms with Crippen molar-refractivity contribution in [1.29, 1.82) is 0 Å². The lowest BCUT2D eigenvalue weighted by Crippen LogP contribution is -2.32. The Labute approximate surface area is 178 Å². The lowest BCUT2D eigenvalue weighted by atomic mass is 9.69. The first kappa shape index (κ1) is 20.4. The molecule has 0 aliphatic heterocycles. The van der Waals surface area contributed by atoms with Crippen LogP contribution in [0.1, 0.15) is 81.2 Å². The van der Waals surface area contributed by atoms with E-state index in [1.807, 2.05) is 29.5 Å². The first-order chi connectivity index (χ1) is 13.6. The molecule has 4 rings (SSSR count). The van der Waals surface area contributed by atoms with Crippen molar-refractivity contribution >= 4 is 27.9 Å². The largest absolute Gasteiger partial charge is 0.496 e. The van der Waals surface area contributed by atoms with Gasteiger partial charge in [-0.05, 0) is 50.7 Å². The van der Waals surface area contributed by atoms with E-state index in [1.165, 1.54) is 36.3 Å². The molecule has 1 aromatic heterocycles. The van der Waals surface area contributed by atoms with E-state index in [0.717, 1.165) is 23.3 Å². The molecule has 2 aromatic rings. The molecule has 0 spiro atoms. The highest BCUT2D eigenvalue weighted by atomic mass is 32.1. The van der Waals surface area contributed by atoms with Gasteiger partial charge >= 0.3 is 0 Å². The van der Waals surface area contributed by atoms with Crippen LogP contribution < -0.4 is 9.64 Å². The summed E-state index contributed by atoms with van der Waals surface area (Å²) in [5.41, 5.74) is 3.23. The van der Waals surface area contributed by atoms with E-state index in [0.29, 0.717) is 11.3 Å². The molecule has 0 amide bonds. The second kappa shape index (κ2) is 7.12. The minimum absolute atomic E-state index is 0.0235. The average Bonchev–Trinajstić information content (AvgIpc) is 3.37. The number of ketones is 1. The Morgan fingerprint density at radius 2 is 1.90 bits per heavy atom. The molecule has 0 atom stereocenters. The highest BCUT2D eigenvalue weighted by Gasteiger charge is 2.41. The van der Waals surface area contributed by atoms with Crippen LogP contribution in [0, 0.1) is 5.92 Å². The van der Waals surface area contributed by atoms with Crippen molar-refractivity contribution < 1.29 is 9.53 Å². The normalized spacial score (nSPS) is 19.5. The third-order valence-corrected chi connectivity index (χ3v) is 7.94. The van der Waals surface area contributed by atoms with Crippen LogP contribution in [0.4, 0.5) is 10.8 Å². The van der Waals surface area contributed by atoms with Gasteiger partial charge in [0.25, 0.3) is 0 Å². The molecule has 1 heterocycles. The molecule has 4 nitrogen and oxygen atoms in total. The van der Waals surface area contributed by atoms with Gasteiger partial charge in [0, 0.05) is 34.0 Å². The van der Waals surface area contributed by atoms with Gasteiger partial charge in [-0.15, -0.1) is 11.3 Å². The molecule has 0 unspecified atom stereocenters. The molecule has 0 radical (unpaired) electrons. The van der Waals surface area contributed by atoms with Crippen LogP contribution in [0.5, 0.6) is 5.75 Å². The number of carbonyl (C=O) groups excluding carboxylic acids is 1. The van der Waals surface area contributed by atoms with E-state index in [4.69, 9.17) is 9.72 Å². The summed E-state index contributed by atoms with van der Waals surface area (Å²) in [5, 5.41) is 1.07. The zero-order chi connectivity index (χ0) is 21.0. The van der Waals surface area contributed by atoms with E-state index in [-0.39, 0.29) is 16.6 Å². The van der Waals surface area contributed by atoms with Crippen molar-refractivity contribution in [2.75, 3.05) is 18.6 Å². The summed E-state index contributed by atoms with van der Waals surface area (Å²) >= 11 is 1.85. The van der Waals surface area contributed by atoms with Gasteiger partial charge in [0.15, 0.2) is 10.9 Å². The minimum Gasteiger partial charge on any atom is -0.496 e. The second-order valence-electron chi connectivity index (χ2n) is 9.94. The Morgan fingerprint density at radius 1 is 1.21 bits per heavy atom. The van der Waals surface area contributed by atoms with Crippen molar-refractivity contribution in [2.24, 2.45) is 5.92 Å². The predicted molar refractivity (Wildman–Crippen MR) is 120 cm³/mol. The second-order valence-corrected chi connectivity index (χ2v) is 10.9. The topological polar surface area (TPSA) is 42.4 Å². The predicted octanol–water partition coefficient (Wildman–Crippen LogP) is 6.25. The first-order valence-corrected chi connectivity index (χ1v) is 11.4. The molecule has 1 saturated carbocycles. The summed E-state index contributed by atoms with van der Waals surface area (Å²) in [4.78, 5) is 20.9. The lowest BCUT2D eigenvalue weighted by molar-refractivity contribution is 0.101. The molecule has 156 valence electrons. The Kier molecular flexibility index (Phi) is 5.01. The Morgan fingerprint density at radius 3 is 2.48 bits per heavy atom. The quantitative estimate of drug-likeness (QED) is 0.526. The molecule has 2 aliphatic carbocycles. The van der Waals surface area contributed by atoms with Gasteiger partial charge in [-0.3, -0.25) is 4.79 Å². The van der Waals surface area contributed by atoms with Crippen molar-refractivity contribution in [3.63, 3.8) is 0 Å². The number of rotatable bonds is 6. The Balaban J connectivity index is 1.79. The van der Waals surface area contributed by atoms with Crippen molar-refractivity contribution in [3.8, 4) is 5.75 Å². The fourth-order valence-electron chi connectivity index (χ4n) is 4.19. The molecule has 5 heteroatoms. The molecule has 0 N–H and O–H groups in total. The number of Topliss-reactive ketones (excluding diaryl/α,β-unsaturated/α-hetero) is 1. The number of thiazole rings is 1. The smallest absolute Gasteiger partial charge is 0.190 e. The molecule has 2 aliphatic rings. The lowest BCUT2D eigenvalue weighted by Gasteiger charge is -2.37. The molecule has 0 bridgehead atoms. The van der Waals surface area contributed by atoms with Crippen molar-refractivity contribution in [1.82, 2.24) is 4.98 Å². The maximum Gasteiger partial charge on any atom is 0.190 e. The van der Waals surface area contributed by atoms with E-state index >= 15 is 0 Å². The van der Waals surface area contributed by atoms with Crippen LogP contribution >= 0.6 is 11.3 Å². The summed E-state index contributed by atoms with van der Waals surface area (Å²) in [7, 11) is 1.63. The summed E-state index contributed by atoms with van der Waals surface area (Å²) in [6.07, 6.45) is 4.92. The van der Waals surface area contributed by atoms with Gasteiger partial charge in [0.05, 0.1) is 18.4 Å². The van der Waals surface area contributed by atoms with Gasteiger partial charge < -0.3 is 9.64 Å². The SMILES string of the molecule is COc1cc(N(CC2CC2)c2nc3c(s2)C(C)(C)CCC3(C)C)ccc1C(C)=O. The first-order valence-electron chi connectivity index (χ1n) is 10.6. The maximum absolute atomic E-state index is 11.9. The van der Waals surface area contributed by atoms with Crippen molar-refractivity contribution in [3.05, 3.63) is 34.3 Å². The summed E-state index contributed by atoms with van der Waals surface area (Å²) in [5.74, 6) is 1.38. The zero-order valence-corrected chi connectivity index (χ0v) is 19.3. The van der Waals surface area contributed by atoms with Crippen LogP contribution in [0.25, 0.3) is 0 Å². The van der Waals surface area contributed by atoms with E-state index < -0.39 is 0 Å². The maximum atomic E-state index is 11.9. The third-order valence-electron chi connectivity index (χ3n) is 6.49. The van der Waals surface area contributed by atoms with Crippen LogP contribution in [0.3, 0.4) is 0 Å². The summed E-state index contributed by atoms with van der Waals surface area (Å²) < 4.78 is 5.54. The summed E-state index contributed by atoms with van der Waals surface area (Å²) in [6, 6.07) is 5.92. The highest BCUT2D eigenvalue weighted by Crippen LogP contribution is 2.50. The molecular weight excluding hydrogens is 380 g/mol. The highest BCUT2D eigenvalue weighted by molar-refractivity contribution is 7.16.